The summed E-state index contributed by atoms with van der Waals surface area (Å²) in [7, 11) is 1.84. The van der Waals surface area contributed by atoms with Crippen LogP contribution in [0.2, 0.25) is 5.02 Å². The number of hydrogen-bond acceptors (Lipinski definition) is 7. The third-order valence-corrected chi connectivity index (χ3v) is 8.10. The monoisotopic (exact) mass is 586 g/mol. The zero-order valence-electron chi connectivity index (χ0n) is 23.1. The molecule has 6 rings (SSSR count). The van der Waals surface area contributed by atoms with Crippen molar-refractivity contribution < 1.29 is 14.0 Å². The quantitative estimate of drug-likeness (QED) is 0.335. The maximum Gasteiger partial charge on any atom is 0.247 e. The summed E-state index contributed by atoms with van der Waals surface area (Å²) < 4.78 is 18.2. The molecule has 1 unspecified atom stereocenters. The van der Waals surface area contributed by atoms with Crippen LogP contribution in [0, 0.1) is 12.7 Å². The molecular weight excluding hydrogens is 559 g/mol. The second-order valence-electron chi connectivity index (χ2n) is 10.5. The van der Waals surface area contributed by atoms with Gasteiger partial charge < -0.3 is 10.2 Å². The fourth-order valence-electron chi connectivity index (χ4n) is 5.82. The highest BCUT2D eigenvalue weighted by molar-refractivity contribution is 6.31. The van der Waals surface area contributed by atoms with Gasteiger partial charge in [0.1, 0.15) is 12.4 Å². The van der Waals surface area contributed by atoms with Crippen LogP contribution in [0.4, 0.5) is 10.1 Å². The molecule has 2 aliphatic heterocycles. The van der Waals surface area contributed by atoms with Gasteiger partial charge in [-0.05, 0) is 65.6 Å². The van der Waals surface area contributed by atoms with Gasteiger partial charge >= 0.3 is 0 Å². The van der Waals surface area contributed by atoms with Crippen molar-refractivity contribution in [1.29, 1.82) is 0 Å². The molecule has 1 N–H and O–H groups in total. The van der Waals surface area contributed by atoms with E-state index in [2.05, 4.69) is 32.5 Å². The maximum atomic E-state index is 15.1. The predicted octanol–water partition coefficient (Wildman–Crippen LogP) is 4.32. The van der Waals surface area contributed by atoms with Gasteiger partial charge in [-0.25, -0.2) is 4.39 Å². The number of carbonyl (C=O) groups excluding carboxylic acids is 2. The van der Waals surface area contributed by atoms with Crippen molar-refractivity contribution in [3.05, 3.63) is 99.5 Å². The number of anilines is 1. The van der Waals surface area contributed by atoms with Crippen molar-refractivity contribution in [3.8, 4) is 5.69 Å². The Morgan fingerprint density at radius 3 is 2.83 bits per heavy atom. The second kappa shape index (κ2) is 11.0. The minimum atomic E-state index is -0.836. The van der Waals surface area contributed by atoms with Crippen LogP contribution in [0.25, 0.3) is 11.8 Å². The Hall–Kier alpha value is -4.64. The molecule has 1 atom stereocenters. The molecule has 1 amide bonds. The number of tetrazole rings is 1. The molecule has 0 bridgehead atoms. The van der Waals surface area contributed by atoms with Crippen molar-refractivity contribution >= 4 is 35.1 Å². The van der Waals surface area contributed by atoms with E-state index < -0.39 is 17.8 Å². The first-order valence-corrected chi connectivity index (χ1v) is 13.9. The molecule has 4 aromatic rings. The second-order valence-corrected chi connectivity index (χ2v) is 10.9. The number of nitrogens with one attached hydrogen (secondary N) is 1. The number of benzene rings is 2. The number of aryl methyl sites for hydroxylation is 3. The fraction of sp³-hybridized carbons (Fsp3) is 0.267. The summed E-state index contributed by atoms with van der Waals surface area (Å²) in [4.78, 5) is 29.3. The first-order chi connectivity index (χ1) is 20.2. The zero-order chi connectivity index (χ0) is 29.5. The summed E-state index contributed by atoms with van der Waals surface area (Å²) in [6, 6.07) is 8.06. The van der Waals surface area contributed by atoms with E-state index in [0.717, 1.165) is 46.6 Å². The molecule has 10 nitrogen and oxygen atoms in total. The highest BCUT2D eigenvalue weighted by Crippen LogP contribution is 2.35. The van der Waals surface area contributed by atoms with Crippen LogP contribution in [0.3, 0.4) is 0 Å². The number of ketones is 1. The molecular formula is C30H28ClFN8O2. The summed E-state index contributed by atoms with van der Waals surface area (Å²) in [5.74, 6) is -1.27. The Bertz CT molecular complexity index is 1760. The summed E-state index contributed by atoms with van der Waals surface area (Å²) in [5, 5.41) is 18.8. The molecule has 42 heavy (non-hydrogen) atoms. The number of nitrogens with zero attached hydrogens (tertiary/aromatic N) is 7. The Kier molecular flexibility index (Phi) is 7.19. The first-order valence-electron chi connectivity index (χ1n) is 13.5. The van der Waals surface area contributed by atoms with Crippen molar-refractivity contribution in [3.63, 3.8) is 0 Å². The summed E-state index contributed by atoms with van der Waals surface area (Å²) in [6.07, 6.45) is 6.29. The number of fused-ring (bicyclic) bond motifs is 2. The van der Waals surface area contributed by atoms with Gasteiger partial charge in [0.15, 0.2) is 11.6 Å². The lowest BCUT2D eigenvalue weighted by molar-refractivity contribution is -0.136. The van der Waals surface area contributed by atoms with Crippen LogP contribution in [0.1, 0.15) is 46.1 Å². The van der Waals surface area contributed by atoms with Gasteiger partial charge in [-0.3, -0.25) is 14.3 Å². The van der Waals surface area contributed by atoms with Crippen molar-refractivity contribution in [2.75, 3.05) is 11.9 Å². The van der Waals surface area contributed by atoms with Gasteiger partial charge in [0.05, 0.1) is 16.4 Å². The van der Waals surface area contributed by atoms with Gasteiger partial charge in [-0.2, -0.15) is 9.78 Å². The Morgan fingerprint density at radius 2 is 2.05 bits per heavy atom. The summed E-state index contributed by atoms with van der Waals surface area (Å²) in [6.45, 7) is 6.16. The Balaban J connectivity index is 1.32. The van der Waals surface area contributed by atoms with Gasteiger partial charge in [0, 0.05) is 60.7 Å². The van der Waals surface area contributed by atoms with E-state index >= 15 is 4.39 Å². The average Bonchev–Trinajstić information content (AvgIpc) is 3.61. The van der Waals surface area contributed by atoms with Crippen LogP contribution in [0.5, 0.6) is 0 Å². The Morgan fingerprint density at radius 1 is 1.21 bits per heavy atom. The number of rotatable bonds is 6. The third kappa shape index (κ3) is 5.00. The molecule has 0 fully saturated rings. The van der Waals surface area contributed by atoms with Gasteiger partial charge in [0.25, 0.3) is 0 Å². The number of Topliss-reactive ketones (excluding diaryl/α,β-unsaturated/α-hetero) is 1. The van der Waals surface area contributed by atoms with Gasteiger partial charge in [-0.15, -0.1) is 5.10 Å². The number of allylic oxidation sites excluding steroid dienone is 1. The largest absolute Gasteiger partial charge is 0.359 e. The van der Waals surface area contributed by atoms with E-state index in [1.807, 2.05) is 32.2 Å². The van der Waals surface area contributed by atoms with Crippen molar-refractivity contribution in [2.24, 2.45) is 7.05 Å². The van der Waals surface area contributed by atoms with Crippen LogP contribution >= 0.6 is 11.6 Å². The van der Waals surface area contributed by atoms with E-state index in [1.54, 1.807) is 15.6 Å². The normalized spacial score (nSPS) is 16.3. The molecule has 0 saturated heterocycles. The topological polar surface area (TPSA) is 111 Å². The molecule has 0 radical (unpaired) electrons. The van der Waals surface area contributed by atoms with Crippen molar-refractivity contribution in [1.82, 2.24) is 34.9 Å². The number of halogens is 2. The molecule has 12 heteroatoms. The lowest BCUT2D eigenvalue weighted by Crippen LogP contribution is -2.43. The summed E-state index contributed by atoms with van der Waals surface area (Å²) in [5.41, 5.74) is 6.70. The standard InChI is InChI=1S/C30H28ClFN8O2/c1-17-4-6-20-14-19(5-9-23(20)34-17)15-26(41)30-28-18(2)35-38(3)25(28)12-13-39(30)27(42)11-7-21-24(40-16-33-36-37-40)10-8-22(31)29(21)32/h5,7-11,14,16,30,34H,1,4,6,12-13,15H2,2-3H3/b11-7+. The molecule has 214 valence electrons. The molecule has 0 aliphatic carbocycles. The highest BCUT2D eigenvalue weighted by atomic mass is 35.5. The predicted molar refractivity (Wildman–Crippen MR) is 155 cm³/mol. The van der Waals surface area contributed by atoms with E-state index in [0.29, 0.717) is 24.3 Å². The maximum absolute atomic E-state index is 15.1. The third-order valence-electron chi connectivity index (χ3n) is 7.81. The average molecular weight is 587 g/mol. The zero-order valence-corrected chi connectivity index (χ0v) is 23.9. The molecule has 0 saturated carbocycles. The number of carbonyl (C=O) groups is 2. The van der Waals surface area contributed by atoms with E-state index in [4.69, 9.17) is 11.6 Å². The lowest BCUT2D eigenvalue weighted by atomic mass is 9.89. The van der Waals surface area contributed by atoms with Gasteiger partial charge in [-0.1, -0.05) is 30.3 Å². The molecule has 2 aromatic carbocycles. The van der Waals surface area contributed by atoms with E-state index in [-0.39, 0.29) is 22.8 Å². The van der Waals surface area contributed by atoms with Crippen LogP contribution in [-0.4, -0.2) is 53.1 Å². The molecule has 4 heterocycles. The minimum Gasteiger partial charge on any atom is -0.359 e. The first kappa shape index (κ1) is 27.5. The molecule has 2 aliphatic rings. The number of aromatic nitrogens is 6. The smallest absolute Gasteiger partial charge is 0.247 e. The number of amides is 1. The molecule has 2 aromatic heterocycles. The van der Waals surface area contributed by atoms with E-state index in [1.165, 1.54) is 29.2 Å². The van der Waals surface area contributed by atoms with Crippen molar-refractivity contribution in [2.45, 2.75) is 38.6 Å². The fourth-order valence-corrected chi connectivity index (χ4v) is 5.98. The van der Waals surface area contributed by atoms with Crippen LogP contribution in [0.15, 0.2) is 55.0 Å². The lowest BCUT2D eigenvalue weighted by Gasteiger charge is -2.35. The molecule has 0 spiro atoms. The number of hydrogen-bond donors (Lipinski definition) is 1. The summed E-state index contributed by atoms with van der Waals surface area (Å²) >= 11 is 6.05. The van der Waals surface area contributed by atoms with Crippen LogP contribution in [-0.2, 0) is 35.9 Å². The van der Waals surface area contributed by atoms with Gasteiger partial charge in [0.2, 0.25) is 5.91 Å². The SMILES string of the molecule is C=C1CCc2cc(CC(=O)C3c4c(C)nn(C)c4CCN3C(=O)/C=C/c3c(-n4cnnn4)ccc(Cl)c3F)ccc2N1. The van der Waals surface area contributed by atoms with E-state index in [9.17, 15) is 9.59 Å². The highest BCUT2D eigenvalue weighted by Gasteiger charge is 2.38. The van der Waals surface area contributed by atoms with Crippen LogP contribution < -0.4 is 5.32 Å². The minimum absolute atomic E-state index is 0.0478. The Labute approximate surface area is 246 Å².